The molecule has 1 atom stereocenters. The minimum absolute atomic E-state index is 0.0398. The lowest BCUT2D eigenvalue weighted by Gasteiger charge is -2.17. The molecule has 0 radical (unpaired) electrons. The summed E-state index contributed by atoms with van der Waals surface area (Å²) in [4.78, 5) is 23.0. The molecule has 4 N–H and O–H groups in total. The van der Waals surface area contributed by atoms with Gasteiger partial charge in [0.25, 0.3) is 5.91 Å². The van der Waals surface area contributed by atoms with Crippen LogP contribution in [-0.2, 0) is 9.59 Å². The highest BCUT2D eigenvalue weighted by Crippen LogP contribution is 2.21. The summed E-state index contributed by atoms with van der Waals surface area (Å²) in [5.74, 6) is -2.34. The summed E-state index contributed by atoms with van der Waals surface area (Å²) in [6, 6.07) is 6.90. The zero-order valence-electron chi connectivity index (χ0n) is 12.2. The van der Waals surface area contributed by atoms with Crippen LogP contribution >= 0.6 is 0 Å². The van der Waals surface area contributed by atoms with Gasteiger partial charge in [0, 0.05) is 6.20 Å². The maximum Gasteiger partial charge on any atom is 0.326 e. The molecule has 0 saturated heterocycles. The summed E-state index contributed by atoms with van der Waals surface area (Å²) in [6.07, 6.45) is 1.11. The highest BCUT2D eigenvalue weighted by atomic mass is 16.4. The molecule has 0 aromatic heterocycles. The number of carbonyl (C=O) groups excluding carboxylic acids is 1. The average molecular weight is 303 g/mol. The van der Waals surface area contributed by atoms with Gasteiger partial charge >= 0.3 is 5.97 Å². The van der Waals surface area contributed by atoms with E-state index in [1.165, 1.54) is 6.07 Å². The molecule has 0 aliphatic heterocycles. The van der Waals surface area contributed by atoms with Gasteiger partial charge in [-0.2, -0.15) is 5.26 Å². The number of anilines is 1. The maximum absolute atomic E-state index is 11.9. The van der Waals surface area contributed by atoms with Crippen molar-refractivity contribution < 1.29 is 19.8 Å². The van der Waals surface area contributed by atoms with Gasteiger partial charge in [0.15, 0.2) is 0 Å². The number of carboxylic acid groups (broad SMARTS) is 1. The van der Waals surface area contributed by atoms with Gasteiger partial charge in [0.1, 0.15) is 23.4 Å². The van der Waals surface area contributed by atoms with Crippen LogP contribution in [0, 0.1) is 17.2 Å². The lowest BCUT2D eigenvalue weighted by atomic mass is 10.0. The summed E-state index contributed by atoms with van der Waals surface area (Å²) in [5.41, 5.74) is 0.0249. The van der Waals surface area contributed by atoms with Crippen molar-refractivity contribution in [3.05, 3.63) is 36.0 Å². The van der Waals surface area contributed by atoms with Gasteiger partial charge in [-0.05, 0) is 18.1 Å². The van der Waals surface area contributed by atoms with Gasteiger partial charge in [-0.3, -0.25) is 4.79 Å². The van der Waals surface area contributed by atoms with Gasteiger partial charge in [-0.1, -0.05) is 26.0 Å². The standard InChI is InChI=1S/C15H17N3O4/c1-9(2)13(15(21)22)18-14(20)10(7-16)8-17-11-5-3-4-6-12(11)19/h3-6,8-9,13,17,19H,1-2H3,(H,18,20)(H,21,22)/b10-8-. The molecule has 0 aliphatic rings. The fourth-order valence-corrected chi connectivity index (χ4v) is 1.63. The minimum Gasteiger partial charge on any atom is -0.506 e. The Morgan fingerprint density at radius 3 is 2.45 bits per heavy atom. The molecule has 1 aromatic carbocycles. The van der Waals surface area contributed by atoms with E-state index in [1.807, 2.05) is 0 Å². The summed E-state index contributed by atoms with van der Waals surface area (Å²) in [7, 11) is 0. The normalized spacial score (nSPS) is 12.4. The first-order valence-corrected chi connectivity index (χ1v) is 6.55. The molecular formula is C15H17N3O4. The van der Waals surface area contributed by atoms with Crippen molar-refractivity contribution in [3.63, 3.8) is 0 Å². The molecule has 1 rings (SSSR count). The lowest BCUT2D eigenvalue weighted by molar-refractivity contribution is -0.142. The van der Waals surface area contributed by atoms with Crippen LogP contribution in [0.3, 0.4) is 0 Å². The second kappa shape index (κ2) is 7.69. The minimum atomic E-state index is -1.17. The molecule has 0 fully saturated rings. The molecule has 7 heteroatoms. The second-order valence-corrected chi connectivity index (χ2v) is 4.86. The largest absolute Gasteiger partial charge is 0.506 e. The number of hydrogen-bond acceptors (Lipinski definition) is 5. The van der Waals surface area contributed by atoms with Gasteiger partial charge < -0.3 is 20.8 Å². The SMILES string of the molecule is CC(C)C(NC(=O)/C(C#N)=C\Nc1ccccc1O)C(=O)O. The maximum atomic E-state index is 11.9. The molecular weight excluding hydrogens is 286 g/mol. The predicted octanol–water partition coefficient (Wildman–Crippen LogP) is 1.44. The van der Waals surface area contributed by atoms with Gasteiger partial charge in [-0.15, -0.1) is 0 Å². The van der Waals surface area contributed by atoms with E-state index < -0.39 is 17.9 Å². The number of nitrogens with one attached hydrogen (secondary N) is 2. The van der Waals surface area contributed by atoms with Crippen molar-refractivity contribution in [2.24, 2.45) is 5.92 Å². The third-order valence-electron chi connectivity index (χ3n) is 2.86. The Kier molecular flexibility index (Phi) is 5.96. The van der Waals surface area contributed by atoms with Crippen LogP contribution in [0.4, 0.5) is 5.69 Å². The first kappa shape index (κ1) is 17.0. The molecule has 0 bridgehead atoms. The van der Waals surface area contributed by atoms with Gasteiger partial charge in [0.05, 0.1) is 5.69 Å². The van der Waals surface area contributed by atoms with E-state index in [0.717, 1.165) is 6.20 Å². The van der Waals surface area contributed by atoms with E-state index in [0.29, 0.717) is 5.69 Å². The summed E-state index contributed by atoms with van der Waals surface area (Å²) in [6.45, 7) is 3.30. The Bertz CT molecular complexity index is 632. The topological polar surface area (TPSA) is 122 Å². The van der Waals surface area contributed by atoms with E-state index in [2.05, 4.69) is 10.6 Å². The van der Waals surface area contributed by atoms with Crippen molar-refractivity contribution in [1.82, 2.24) is 5.32 Å². The number of phenolic OH excluding ortho intramolecular Hbond substituents is 1. The van der Waals surface area contributed by atoms with Crippen LogP contribution in [0.1, 0.15) is 13.8 Å². The molecule has 22 heavy (non-hydrogen) atoms. The molecule has 0 spiro atoms. The number of aliphatic carboxylic acids is 1. The summed E-state index contributed by atoms with van der Waals surface area (Å²) >= 11 is 0. The molecule has 1 aromatic rings. The Morgan fingerprint density at radius 2 is 1.95 bits per heavy atom. The Hall–Kier alpha value is -3.01. The van der Waals surface area contributed by atoms with E-state index >= 15 is 0 Å². The number of carbonyl (C=O) groups is 2. The molecule has 1 unspecified atom stereocenters. The molecule has 0 saturated carbocycles. The summed E-state index contributed by atoms with van der Waals surface area (Å²) in [5, 5.41) is 32.5. The zero-order chi connectivity index (χ0) is 16.7. The highest BCUT2D eigenvalue weighted by Gasteiger charge is 2.24. The molecule has 0 aliphatic carbocycles. The van der Waals surface area contributed by atoms with Crippen molar-refractivity contribution in [3.8, 4) is 11.8 Å². The number of hydrogen-bond donors (Lipinski definition) is 4. The first-order chi connectivity index (χ1) is 10.4. The Balaban J connectivity index is 2.85. The van der Waals surface area contributed by atoms with E-state index in [4.69, 9.17) is 10.4 Å². The van der Waals surface area contributed by atoms with Crippen molar-refractivity contribution in [2.45, 2.75) is 19.9 Å². The number of para-hydroxylation sites is 2. The number of rotatable bonds is 6. The molecule has 0 heterocycles. The molecule has 116 valence electrons. The van der Waals surface area contributed by atoms with Crippen LogP contribution in [0.5, 0.6) is 5.75 Å². The third-order valence-corrected chi connectivity index (χ3v) is 2.86. The van der Waals surface area contributed by atoms with Crippen LogP contribution in [-0.4, -0.2) is 28.1 Å². The van der Waals surface area contributed by atoms with Crippen molar-refractivity contribution in [2.75, 3.05) is 5.32 Å². The third kappa shape index (κ3) is 4.52. The number of benzene rings is 1. The first-order valence-electron chi connectivity index (χ1n) is 6.55. The fraction of sp³-hybridized carbons (Fsp3) is 0.267. The predicted molar refractivity (Wildman–Crippen MR) is 79.8 cm³/mol. The van der Waals surface area contributed by atoms with Gasteiger partial charge in [0.2, 0.25) is 0 Å². The number of carboxylic acids is 1. The molecule has 7 nitrogen and oxygen atoms in total. The monoisotopic (exact) mass is 303 g/mol. The quantitative estimate of drug-likeness (QED) is 0.358. The lowest BCUT2D eigenvalue weighted by Crippen LogP contribution is -2.44. The Morgan fingerprint density at radius 1 is 1.32 bits per heavy atom. The van der Waals surface area contributed by atoms with Crippen LogP contribution < -0.4 is 10.6 Å². The van der Waals surface area contributed by atoms with Crippen LogP contribution in [0.15, 0.2) is 36.0 Å². The number of phenols is 1. The van der Waals surface area contributed by atoms with Crippen LogP contribution in [0.2, 0.25) is 0 Å². The number of aromatic hydroxyl groups is 1. The summed E-state index contributed by atoms with van der Waals surface area (Å²) < 4.78 is 0. The number of nitriles is 1. The number of nitrogens with zero attached hydrogens (tertiary/aromatic N) is 1. The second-order valence-electron chi connectivity index (χ2n) is 4.86. The van der Waals surface area contributed by atoms with E-state index in [1.54, 1.807) is 38.1 Å². The molecule has 1 amide bonds. The highest BCUT2D eigenvalue weighted by molar-refractivity contribution is 5.99. The average Bonchev–Trinajstić information content (AvgIpc) is 2.46. The van der Waals surface area contributed by atoms with Crippen molar-refractivity contribution >= 4 is 17.6 Å². The van der Waals surface area contributed by atoms with E-state index in [-0.39, 0.29) is 17.2 Å². The number of amides is 1. The fourth-order valence-electron chi connectivity index (χ4n) is 1.63. The van der Waals surface area contributed by atoms with E-state index in [9.17, 15) is 14.7 Å². The van der Waals surface area contributed by atoms with Gasteiger partial charge in [-0.25, -0.2) is 4.79 Å². The van der Waals surface area contributed by atoms with Crippen LogP contribution in [0.25, 0.3) is 0 Å². The smallest absolute Gasteiger partial charge is 0.326 e. The zero-order valence-corrected chi connectivity index (χ0v) is 12.2. The Labute approximate surface area is 127 Å². The van der Waals surface area contributed by atoms with Crippen molar-refractivity contribution in [1.29, 1.82) is 5.26 Å².